The maximum absolute atomic E-state index is 11.4. The zero-order valence-electron chi connectivity index (χ0n) is 16.6. The number of carboxylic acids is 2. The van der Waals surface area contributed by atoms with E-state index in [0.29, 0.717) is 26.1 Å². The van der Waals surface area contributed by atoms with Gasteiger partial charge in [0.15, 0.2) is 0 Å². The summed E-state index contributed by atoms with van der Waals surface area (Å²) in [6.07, 6.45) is 2.37. The third-order valence-corrected chi connectivity index (χ3v) is 4.45. The van der Waals surface area contributed by atoms with Gasteiger partial charge in [-0.25, -0.2) is 0 Å². The van der Waals surface area contributed by atoms with Crippen LogP contribution in [0.3, 0.4) is 0 Å². The number of nitrogens with zero attached hydrogens (tertiary/aromatic N) is 2. The van der Waals surface area contributed by atoms with Gasteiger partial charge in [-0.05, 0) is 50.0 Å². The molecule has 152 valence electrons. The summed E-state index contributed by atoms with van der Waals surface area (Å²) in [5.74, 6) is -1.72. The van der Waals surface area contributed by atoms with E-state index in [1.165, 1.54) is 0 Å². The van der Waals surface area contributed by atoms with E-state index >= 15 is 0 Å². The maximum atomic E-state index is 11.4. The third-order valence-electron chi connectivity index (χ3n) is 4.45. The van der Waals surface area contributed by atoms with Gasteiger partial charge in [-0.3, -0.25) is 19.4 Å². The molecule has 0 saturated carbocycles. The average molecular weight is 380 g/mol. The summed E-state index contributed by atoms with van der Waals surface area (Å²) in [7, 11) is 1.86. The number of aliphatic carboxylic acids is 2. The van der Waals surface area contributed by atoms with Gasteiger partial charge in [-0.15, -0.1) is 0 Å². The van der Waals surface area contributed by atoms with E-state index in [1.54, 1.807) is 0 Å². The van der Waals surface area contributed by atoms with Crippen LogP contribution < -0.4 is 5.32 Å². The van der Waals surface area contributed by atoms with Gasteiger partial charge in [-0.2, -0.15) is 0 Å². The molecule has 0 aliphatic carbocycles. The highest BCUT2D eigenvalue weighted by atomic mass is 16.4. The Bertz CT molecular complexity index is 577. The van der Waals surface area contributed by atoms with Crippen LogP contribution in [0.1, 0.15) is 32.3 Å². The molecule has 7 heteroatoms. The van der Waals surface area contributed by atoms with Crippen molar-refractivity contribution in [2.24, 2.45) is 0 Å². The van der Waals surface area contributed by atoms with Gasteiger partial charge < -0.3 is 15.5 Å². The molecule has 3 N–H and O–H groups in total. The Hall–Kier alpha value is -2.12. The molecular formula is C20H33N3O4. The minimum Gasteiger partial charge on any atom is -0.480 e. The Morgan fingerprint density at radius 1 is 1.00 bits per heavy atom. The molecule has 0 fully saturated rings. The van der Waals surface area contributed by atoms with E-state index in [0.717, 1.165) is 24.1 Å². The molecule has 1 rings (SSSR count). The van der Waals surface area contributed by atoms with Crippen molar-refractivity contribution in [2.45, 2.75) is 39.2 Å². The van der Waals surface area contributed by atoms with Crippen LogP contribution >= 0.6 is 0 Å². The lowest BCUT2D eigenvalue weighted by atomic mass is 10.0. The zero-order chi connectivity index (χ0) is 20.2. The summed E-state index contributed by atoms with van der Waals surface area (Å²) in [5.41, 5.74) is 2.13. The normalized spacial score (nSPS) is 12.3. The minimum atomic E-state index is -0.862. The first-order valence-corrected chi connectivity index (χ1v) is 9.56. The Kier molecular flexibility index (Phi) is 10.4. The summed E-state index contributed by atoms with van der Waals surface area (Å²) in [6, 6.07) is 7.99. The fraction of sp³-hybridized carbons (Fsp3) is 0.600. The third kappa shape index (κ3) is 8.88. The highest BCUT2D eigenvalue weighted by Gasteiger charge is 2.24. The van der Waals surface area contributed by atoms with Crippen molar-refractivity contribution in [1.82, 2.24) is 9.80 Å². The molecule has 27 heavy (non-hydrogen) atoms. The van der Waals surface area contributed by atoms with Crippen molar-refractivity contribution in [3.8, 4) is 0 Å². The molecule has 1 unspecified atom stereocenters. The summed E-state index contributed by atoms with van der Waals surface area (Å²) < 4.78 is 0. The van der Waals surface area contributed by atoms with E-state index in [9.17, 15) is 19.8 Å². The maximum Gasteiger partial charge on any atom is 0.317 e. The fourth-order valence-electron chi connectivity index (χ4n) is 3.28. The number of nitrogens with one attached hydrogen (secondary N) is 1. The Morgan fingerprint density at radius 2 is 1.59 bits per heavy atom. The fourth-order valence-corrected chi connectivity index (χ4v) is 3.28. The number of rotatable bonds is 14. The first kappa shape index (κ1) is 22.9. The Labute approximate surface area is 162 Å². The molecule has 0 spiro atoms. The molecule has 0 radical (unpaired) electrons. The molecular weight excluding hydrogens is 346 g/mol. The molecule has 1 aromatic carbocycles. The molecule has 0 aliphatic heterocycles. The molecule has 1 aromatic rings. The molecule has 0 heterocycles. The standard InChI is InChI=1S/C20H33N3O4/c1-4-10-22(14-19(24)25)13-18(23(11-5-2)15-20(26)27)12-16-6-8-17(21-3)9-7-16/h6-9,18,21H,4-5,10-15H2,1-3H3,(H,24,25)(H,26,27). The molecule has 1 atom stereocenters. The Balaban J connectivity index is 3.02. The van der Waals surface area contributed by atoms with Crippen LogP contribution in [0.15, 0.2) is 24.3 Å². The van der Waals surface area contributed by atoms with Crippen molar-refractivity contribution in [3.63, 3.8) is 0 Å². The second-order valence-electron chi connectivity index (χ2n) is 6.80. The zero-order valence-corrected chi connectivity index (χ0v) is 16.6. The topological polar surface area (TPSA) is 93.1 Å². The van der Waals surface area contributed by atoms with Gasteiger partial charge in [0.1, 0.15) is 0 Å². The lowest BCUT2D eigenvalue weighted by Gasteiger charge is -2.34. The van der Waals surface area contributed by atoms with Crippen molar-refractivity contribution in [1.29, 1.82) is 0 Å². The predicted octanol–water partition coefficient (Wildman–Crippen LogP) is 2.23. The number of carbonyl (C=O) groups is 2. The lowest BCUT2D eigenvalue weighted by Crippen LogP contribution is -2.48. The second-order valence-corrected chi connectivity index (χ2v) is 6.80. The first-order chi connectivity index (χ1) is 12.9. The highest BCUT2D eigenvalue weighted by Crippen LogP contribution is 2.15. The van der Waals surface area contributed by atoms with Crippen LogP contribution in [-0.2, 0) is 16.0 Å². The second kappa shape index (κ2) is 12.3. The number of anilines is 1. The number of carboxylic acid groups (broad SMARTS) is 2. The molecule has 0 aliphatic rings. The van der Waals surface area contributed by atoms with Crippen LogP contribution in [0.4, 0.5) is 5.69 Å². The van der Waals surface area contributed by atoms with E-state index in [1.807, 2.05) is 55.0 Å². The van der Waals surface area contributed by atoms with Crippen molar-refractivity contribution >= 4 is 17.6 Å². The lowest BCUT2D eigenvalue weighted by molar-refractivity contribution is -0.141. The highest BCUT2D eigenvalue weighted by molar-refractivity contribution is 5.69. The van der Waals surface area contributed by atoms with Gasteiger partial charge in [0, 0.05) is 25.3 Å². The van der Waals surface area contributed by atoms with Gasteiger partial charge in [0.2, 0.25) is 0 Å². The SMILES string of the molecule is CCCN(CC(=O)O)CC(Cc1ccc(NC)cc1)N(CCC)CC(=O)O. The van der Waals surface area contributed by atoms with Crippen LogP contribution in [0.5, 0.6) is 0 Å². The van der Waals surface area contributed by atoms with Crippen LogP contribution in [-0.4, -0.2) is 77.8 Å². The van der Waals surface area contributed by atoms with E-state index in [-0.39, 0.29) is 19.1 Å². The number of benzene rings is 1. The van der Waals surface area contributed by atoms with Crippen molar-refractivity contribution in [3.05, 3.63) is 29.8 Å². The monoisotopic (exact) mass is 379 g/mol. The van der Waals surface area contributed by atoms with Gasteiger partial charge in [0.25, 0.3) is 0 Å². The van der Waals surface area contributed by atoms with Crippen LogP contribution in [0, 0.1) is 0 Å². The average Bonchev–Trinajstić information content (AvgIpc) is 2.60. The van der Waals surface area contributed by atoms with Crippen LogP contribution in [0.25, 0.3) is 0 Å². The van der Waals surface area contributed by atoms with E-state index in [2.05, 4.69) is 5.32 Å². The molecule has 0 saturated heterocycles. The van der Waals surface area contributed by atoms with Gasteiger partial charge in [0.05, 0.1) is 13.1 Å². The number of hydrogen-bond acceptors (Lipinski definition) is 5. The van der Waals surface area contributed by atoms with E-state index in [4.69, 9.17) is 0 Å². The minimum absolute atomic E-state index is 0.0317. The van der Waals surface area contributed by atoms with Gasteiger partial charge in [-0.1, -0.05) is 26.0 Å². The largest absolute Gasteiger partial charge is 0.480 e. The Morgan fingerprint density at radius 3 is 2.07 bits per heavy atom. The predicted molar refractivity (Wildman–Crippen MR) is 107 cm³/mol. The molecule has 7 nitrogen and oxygen atoms in total. The van der Waals surface area contributed by atoms with Gasteiger partial charge >= 0.3 is 11.9 Å². The van der Waals surface area contributed by atoms with Crippen LogP contribution in [0.2, 0.25) is 0 Å². The number of hydrogen-bond donors (Lipinski definition) is 3. The first-order valence-electron chi connectivity index (χ1n) is 9.56. The summed E-state index contributed by atoms with van der Waals surface area (Å²) in [6.45, 7) is 5.83. The van der Waals surface area contributed by atoms with Crippen molar-refractivity contribution < 1.29 is 19.8 Å². The van der Waals surface area contributed by atoms with E-state index < -0.39 is 11.9 Å². The van der Waals surface area contributed by atoms with Crippen molar-refractivity contribution in [2.75, 3.05) is 45.1 Å². The summed E-state index contributed by atoms with van der Waals surface area (Å²) >= 11 is 0. The summed E-state index contributed by atoms with van der Waals surface area (Å²) in [5, 5.41) is 21.6. The quantitative estimate of drug-likeness (QED) is 0.456. The molecule has 0 aromatic heterocycles. The molecule has 0 bridgehead atoms. The molecule has 0 amide bonds. The summed E-state index contributed by atoms with van der Waals surface area (Å²) in [4.78, 5) is 26.4. The smallest absolute Gasteiger partial charge is 0.317 e.